The Morgan fingerprint density at radius 3 is 2.72 bits per heavy atom. The van der Waals surface area contributed by atoms with Crippen LogP contribution in [0.5, 0.6) is 0 Å². The standard InChI is InChI=1S/C11H12N4O2S/c1-7-3-15-10(18-7)6-14-9-5-12-8(4-13-9)11(16)17-2/h3-5H,6H2,1-2H3,(H,13,14). The van der Waals surface area contributed by atoms with E-state index in [1.807, 2.05) is 13.1 Å². The predicted molar refractivity (Wildman–Crippen MR) is 67.5 cm³/mol. The maximum absolute atomic E-state index is 11.2. The predicted octanol–water partition coefficient (Wildman–Crippen LogP) is 1.64. The summed E-state index contributed by atoms with van der Waals surface area (Å²) in [7, 11) is 1.31. The van der Waals surface area contributed by atoms with E-state index in [0.717, 1.165) is 5.01 Å². The summed E-state index contributed by atoms with van der Waals surface area (Å²) >= 11 is 1.62. The van der Waals surface area contributed by atoms with Gasteiger partial charge >= 0.3 is 5.97 Å². The van der Waals surface area contributed by atoms with Crippen molar-refractivity contribution >= 4 is 23.1 Å². The van der Waals surface area contributed by atoms with E-state index in [9.17, 15) is 4.79 Å². The summed E-state index contributed by atoms with van der Waals surface area (Å²) in [6, 6.07) is 0. The number of carbonyl (C=O) groups is 1. The summed E-state index contributed by atoms with van der Waals surface area (Å²) in [6.07, 6.45) is 4.70. The number of nitrogens with zero attached hydrogens (tertiary/aromatic N) is 3. The number of rotatable bonds is 4. The molecule has 1 N–H and O–H groups in total. The summed E-state index contributed by atoms with van der Waals surface area (Å²) < 4.78 is 4.54. The zero-order valence-electron chi connectivity index (χ0n) is 10.0. The Bertz CT molecular complexity index is 538. The van der Waals surface area contributed by atoms with E-state index < -0.39 is 5.97 Å². The van der Waals surface area contributed by atoms with Crippen LogP contribution in [0, 0.1) is 6.92 Å². The van der Waals surface area contributed by atoms with E-state index in [4.69, 9.17) is 0 Å². The van der Waals surface area contributed by atoms with Gasteiger partial charge in [-0.25, -0.2) is 19.7 Å². The maximum Gasteiger partial charge on any atom is 0.358 e. The molecule has 0 aliphatic rings. The van der Waals surface area contributed by atoms with Crippen LogP contribution in [-0.4, -0.2) is 28.0 Å². The summed E-state index contributed by atoms with van der Waals surface area (Å²) in [5, 5.41) is 4.06. The third-order valence-electron chi connectivity index (χ3n) is 2.14. The number of carbonyl (C=O) groups excluding carboxylic acids is 1. The number of anilines is 1. The van der Waals surface area contributed by atoms with Crippen LogP contribution < -0.4 is 5.32 Å². The van der Waals surface area contributed by atoms with Crippen LogP contribution >= 0.6 is 11.3 Å². The zero-order valence-corrected chi connectivity index (χ0v) is 10.8. The molecule has 2 rings (SSSR count). The van der Waals surface area contributed by atoms with Gasteiger partial charge in [-0.1, -0.05) is 0 Å². The molecule has 0 saturated carbocycles. The van der Waals surface area contributed by atoms with Crippen molar-refractivity contribution in [2.45, 2.75) is 13.5 Å². The monoisotopic (exact) mass is 264 g/mol. The van der Waals surface area contributed by atoms with Gasteiger partial charge in [0, 0.05) is 11.1 Å². The van der Waals surface area contributed by atoms with Gasteiger partial charge in [-0.15, -0.1) is 11.3 Å². The molecule has 2 aromatic rings. The van der Waals surface area contributed by atoms with E-state index in [2.05, 4.69) is 25.0 Å². The number of nitrogens with one attached hydrogen (secondary N) is 1. The van der Waals surface area contributed by atoms with Gasteiger partial charge < -0.3 is 10.1 Å². The van der Waals surface area contributed by atoms with Crippen molar-refractivity contribution in [2.75, 3.05) is 12.4 Å². The SMILES string of the molecule is COC(=O)c1cnc(NCc2ncc(C)s2)cn1. The van der Waals surface area contributed by atoms with Gasteiger partial charge in [-0.2, -0.15) is 0 Å². The first kappa shape index (κ1) is 12.4. The van der Waals surface area contributed by atoms with Crippen LogP contribution in [-0.2, 0) is 11.3 Å². The van der Waals surface area contributed by atoms with Crippen LogP contribution in [0.2, 0.25) is 0 Å². The highest BCUT2D eigenvalue weighted by Gasteiger charge is 2.07. The minimum Gasteiger partial charge on any atom is -0.464 e. The van der Waals surface area contributed by atoms with Gasteiger partial charge in [0.2, 0.25) is 0 Å². The average molecular weight is 264 g/mol. The molecule has 0 saturated heterocycles. The van der Waals surface area contributed by atoms with Gasteiger partial charge in [0.05, 0.1) is 26.0 Å². The molecule has 0 aliphatic carbocycles. The molecule has 0 aromatic carbocycles. The number of hydrogen-bond donors (Lipinski definition) is 1. The largest absolute Gasteiger partial charge is 0.464 e. The fraction of sp³-hybridized carbons (Fsp3) is 0.273. The highest BCUT2D eigenvalue weighted by molar-refractivity contribution is 7.11. The second kappa shape index (κ2) is 5.54. The molecule has 0 bridgehead atoms. The Kier molecular flexibility index (Phi) is 3.83. The van der Waals surface area contributed by atoms with E-state index in [1.165, 1.54) is 24.4 Å². The van der Waals surface area contributed by atoms with Crippen molar-refractivity contribution in [1.82, 2.24) is 15.0 Å². The minimum atomic E-state index is -0.496. The summed E-state index contributed by atoms with van der Waals surface area (Å²) in [5.74, 6) is 0.0973. The molecular formula is C11H12N4O2S. The molecule has 18 heavy (non-hydrogen) atoms. The second-order valence-corrected chi connectivity index (χ2v) is 4.82. The number of aromatic nitrogens is 3. The van der Waals surface area contributed by atoms with Gasteiger partial charge in [0.15, 0.2) is 5.69 Å². The molecule has 2 aromatic heterocycles. The Labute approximate surface area is 108 Å². The van der Waals surface area contributed by atoms with Crippen molar-refractivity contribution in [3.05, 3.63) is 34.2 Å². The number of methoxy groups -OCH3 is 1. The van der Waals surface area contributed by atoms with Crippen LogP contribution in [0.4, 0.5) is 5.82 Å². The van der Waals surface area contributed by atoms with Crippen molar-refractivity contribution in [3.63, 3.8) is 0 Å². The fourth-order valence-electron chi connectivity index (χ4n) is 1.28. The van der Waals surface area contributed by atoms with Crippen molar-refractivity contribution in [1.29, 1.82) is 0 Å². The minimum absolute atomic E-state index is 0.188. The van der Waals surface area contributed by atoms with Crippen LogP contribution in [0.3, 0.4) is 0 Å². The molecule has 94 valence electrons. The quantitative estimate of drug-likeness (QED) is 0.846. The topological polar surface area (TPSA) is 77.0 Å². The lowest BCUT2D eigenvalue weighted by Gasteiger charge is -2.03. The van der Waals surface area contributed by atoms with E-state index in [0.29, 0.717) is 12.4 Å². The van der Waals surface area contributed by atoms with Crippen LogP contribution in [0.25, 0.3) is 0 Å². The Morgan fingerprint density at radius 1 is 1.33 bits per heavy atom. The molecule has 0 atom stereocenters. The number of esters is 1. The number of ether oxygens (including phenoxy) is 1. The molecule has 2 heterocycles. The second-order valence-electron chi connectivity index (χ2n) is 3.50. The average Bonchev–Trinajstić information content (AvgIpc) is 2.82. The van der Waals surface area contributed by atoms with Crippen molar-refractivity contribution in [2.24, 2.45) is 0 Å². The number of aryl methyl sites for hydroxylation is 1. The fourth-order valence-corrected chi connectivity index (χ4v) is 2.01. The third kappa shape index (κ3) is 3.01. The van der Waals surface area contributed by atoms with Gasteiger partial charge in [-0.3, -0.25) is 0 Å². The molecule has 0 aliphatic heterocycles. The van der Waals surface area contributed by atoms with Crippen LogP contribution in [0.15, 0.2) is 18.6 Å². The lowest BCUT2D eigenvalue weighted by Crippen LogP contribution is -2.07. The zero-order chi connectivity index (χ0) is 13.0. The molecule has 7 heteroatoms. The smallest absolute Gasteiger partial charge is 0.358 e. The molecule has 0 unspecified atom stereocenters. The normalized spacial score (nSPS) is 10.1. The molecule has 6 nitrogen and oxygen atoms in total. The first-order valence-corrected chi connectivity index (χ1v) is 6.06. The molecule has 0 spiro atoms. The third-order valence-corrected chi connectivity index (χ3v) is 3.05. The first-order valence-electron chi connectivity index (χ1n) is 5.24. The van der Waals surface area contributed by atoms with Gasteiger partial charge in [0.1, 0.15) is 10.8 Å². The molecule has 0 fully saturated rings. The summed E-state index contributed by atoms with van der Waals surface area (Å²) in [6.45, 7) is 2.59. The van der Waals surface area contributed by atoms with Crippen molar-refractivity contribution in [3.8, 4) is 0 Å². The van der Waals surface area contributed by atoms with Crippen molar-refractivity contribution < 1.29 is 9.53 Å². The van der Waals surface area contributed by atoms with E-state index >= 15 is 0 Å². The molecular weight excluding hydrogens is 252 g/mol. The lowest BCUT2D eigenvalue weighted by molar-refractivity contribution is 0.0593. The van der Waals surface area contributed by atoms with Gasteiger partial charge in [-0.05, 0) is 6.92 Å². The van der Waals surface area contributed by atoms with Crippen LogP contribution in [0.1, 0.15) is 20.4 Å². The highest BCUT2D eigenvalue weighted by Crippen LogP contribution is 2.12. The Hall–Kier alpha value is -2.02. The molecule has 0 amide bonds. The van der Waals surface area contributed by atoms with E-state index in [1.54, 1.807) is 11.3 Å². The summed E-state index contributed by atoms with van der Waals surface area (Å²) in [5.41, 5.74) is 0.188. The Morgan fingerprint density at radius 2 is 2.17 bits per heavy atom. The molecule has 0 radical (unpaired) electrons. The maximum atomic E-state index is 11.2. The van der Waals surface area contributed by atoms with E-state index in [-0.39, 0.29) is 5.69 Å². The highest BCUT2D eigenvalue weighted by atomic mass is 32.1. The first-order chi connectivity index (χ1) is 8.69. The summed E-state index contributed by atoms with van der Waals surface area (Å²) in [4.78, 5) is 24.6. The van der Waals surface area contributed by atoms with Gasteiger partial charge in [0.25, 0.3) is 0 Å². The lowest BCUT2D eigenvalue weighted by atomic mass is 10.4. The number of hydrogen-bond acceptors (Lipinski definition) is 7. The number of thiazole rings is 1. The Balaban J connectivity index is 1.96.